The largest absolute Gasteiger partial charge is 0.463 e. The fraction of sp³-hybridized carbons (Fsp3) is 0.467. The van der Waals surface area contributed by atoms with E-state index < -0.39 is 28.1 Å². The molecule has 1 atom stereocenters. The van der Waals surface area contributed by atoms with E-state index in [0.717, 1.165) is 12.8 Å². The summed E-state index contributed by atoms with van der Waals surface area (Å²) < 4.78 is 36.4. The summed E-state index contributed by atoms with van der Waals surface area (Å²) in [6.07, 6.45) is 0.925. The molecule has 3 rings (SSSR count). The highest BCUT2D eigenvalue weighted by Gasteiger charge is 2.32. The number of rotatable bonds is 4. The van der Waals surface area contributed by atoms with E-state index in [9.17, 15) is 18.0 Å². The van der Waals surface area contributed by atoms with Crippen molar-refractivity contribution in [3.8, 4) is 0 Å². The summed E-state index contributed by atoms with van der Waals surface area (Å²) in [6.45, 7) is 1.06. The lowest BCUT2D eigenvalue weighted by atomic mass is 10.2. The summed E-state index contributed by atoms with van der Waals surface area (Å²) in [5.74, 6) is -1.38. The molecule has 0 bridgehead atoms. The third kappa shape index (κ3) is 3.26. The van der Waals surface area contributed by atoms with Crippen molar-refractivity contribution in [2.45, 2.75) is 30.3 Å². The summed E-state index contributed by atoms with van der Waals surface area (Å²) >= 11 is 6.03. The smallest absolute Gasteiger partial charge is 0.347 e. The molecule has 2 aliphatic heterocycles. The van der Waals surface area contributed by atoms with Crippen molar-refractivity contribution in [3.63, 3.8) is 0 Å². The van der Waals surface area contributed by atoms with Gasteiger partial charge in [0.15, 0.2) is 0 Å². The van der Waals surface area contributed by atoms with Crippen LogP contribution in [0.4, 0.5) is 0 Å². The Hall–Kier alpha value is -1.64. The van der Waals surface area contributed by atoms with Crippen molar-refractivity contribution in [2.24, 2.45) is 0 Å². The first-order chi connectivity index (χ1) is 11.4. The van der Waals surface area contributed by atoms with Gasteiger partial charge in [0.2, 0.25) is 16.1 Å². The van der Waals surface area contributed by atoms with Crippen molar-refractivity contribution < 1.29 is 27.5 Å². The average Bonchev–Trinajstić information content (AvgIpc) is 3.20. The monoisotopic (exact) mass is 373 g/mol. The van der Waals surface area contributed by atoms with Crippen LogP contribution in [0.3, 0.4) is 0 Å². The summed E-state index contributed by atoms with van der Waals surface area (Å²) in [6, 6.07) is 3.90. The zero-order chi connectivity index (χ0) is 17.3. The molecule has 0 N–H and O–H groups in total. The number of halogens is 1. The molecule has 2 aliphatic rings. The van der Waals surface area contributed by atoms with E-state index >= 15 is 0 Å². The quantitative estimate of drug-likeness (QED) is 0.744. The summed E-state index contributed by atoms with van der Waals surface area (Å²) in [5.41, 5.74) is 0.0249. The van der Waals surface area contributed by atoms with Crippen LogP contribution >= 0.6 is 11.6 Å². The normalized spacial score (nSPS) is 21.7. The van der Waals surface area contributed by atoms with Crippen LogP contribution in [0, 0.1) is 0 Å². The zero-order valence-corrected chi connectivity index (χ0v) is 14.3. The molecule has 2 saturated heterocycles. The fourth-order valence-electron chi connectivity index (χ4n) is 2.68. The Morgan fingerprint density at radius 1 is 1.29 bits per heavy atom. The van der Waals surface area contributed by atoms with Gasteiger partial charge < -0.3 is 9.47 Å². The van der Waals surface area contributed by atoms with Crippen LogP contribution in [0.5, 0.6) is 0 Å². The predicted octanol–water partition coefficient (Wildman–Crippen LogP) is 1.60. The topological polar surface area (TPSA) is 90.0 Å². The molecule has 2 fully saturated rings. The van der Waals surface area contributed by atoms with Crippen molar-refractivity contribution in [1.82, 2.24) is 4.31 Å². The molecule has 7 nitrogen and oxygen atoms in total. The van der Waals surface area contributed by atoms with Gasteiger partial charge >= 0.3 is 11.9 Å². The molecule has 0 amide bonds. The number of ether oxygens (including phenoxy) is 2. The zero-order valence-electron chi connectivity index (χ0n) is 12.7. The Bertz CT molecular complexity index is 772. The van der Waals surface area contributed by atoms with Gasteiger partial charge in [-0.05, 0) is 31.0 Å². The Kier molecular flexibility index (Phi) is 4.80. The molecule has 9 heteroatoms. The number of sulfonamides is 1. The van der Waals surface area contributed by atoms with Gasteiger partial charge in [-0.25, -0.2) is 18.0 Å². The van der Waals surface area contributed by atoms with Crippen molar-refractivity contribution >= 4 is 33.6 Å². The van der Waals surface area contributed by atoms with Crippen LogP contribution in [-0.2, 0) is 24.3 Å². The van der Waals surface area contributed by atoms with Crippen molar-refractivity contribution in [3.05, 3.63) is 28.8 Å². The molecule has 0 unspecified atom stereocenters. The highest BCUT2D eigenvalue weighted by atomic mass is 35.5. The van der Waals surface area contributed by atoms with Gasteiger partial charge in [-0.1, -0.05) is 11.6 Å². The fourth-order valence-corrected chi connectivity index (χ4v) is 4.69. The van der Waals surface area contributed by atoms with Crippen LogP contribution in [-0.4, -0.2) is 50.5 Å². The third-order valence-electron chi connectivity index (χ3n) is 3.99. The standard InChI is InChI=1S/C15H16ClNO6S/c16-11-4-3-10(14(18)23-12-5-8-22-15(12)19)9-13(11)24(20,21)17-6-1-2-7-17/h3-4,9,12H,1-2,5-8H2/t12-/m0/s1. The van der Waals surface area contributed by atoms with Crippen LogP contribution in [0.2, 0.25) is 5.02 Å². The van der Waals surface area contributed by atoms with Crippen LogP contribution in [0.1, 0.15) is 29.6 Å². The highest BCUT2D eigenvalue weighted by Crippen LogP contribution is 2.28. The van der Waals surface area contributed by atoms with Gasteiger partial charge in [0.05, 0.1) is 17.2 Å². The molecule has 0 aromatic heterocycles. The molecule has 0 saturated carbocycles. The van der Waals surface area contributed by atoms with E-state index in [-0.39, 0.29) is 28.5 Å². The van der Waals surface area contributed by atoms with E-state index in [2.05, 4.69) is 0 Å². The average molecular weight is 374 g/mol. The molecule has 0 aliphatic carbocycles. The Labute approximate surface area is 144 Å². The van der Waals surface area contributed by atoms with E-state index in [1.165, 1.54) is 22.5 Å². The van der Waals surface area contributed by atoms with Gasteiger partial charge in [0.25, 0.3) is 0 Å². The Morgan fingerprint density at radius 3 is 2.62 bits per heavy atom. The second-order valence-electron chi connectivity index (χ2n) is 5.61. The molecule has 1 aromatic carbocycles. The lowest BCUT2D eigenvalue weighted by Gasteiger charge is -2.17. The van der Waals surface area contributed by atoms with Crippen molar-refractivity contribution in [1.29, 1.82) is 0 Å². The maximum atomic E-state index is 12.6. The number of hydrogen-bond acceptors (Lipinski definition) is 6. The minimum absolute atomic E-state index is 0.0249. The number of carbonyl (C=O) groups is 2. The second-order valence-corrected chi connectivity index (χ2v) is 7.92. The number of carbonyl (C=O) groups excluding carboxylic acids is 2. The van der Waals surface area contributed by atoms with E-state index in [1.54, 1.807) is 0 Å². The number of nitrogens with zero attached hydrogens (tertiary/aromatic N) is 1. The second kappa shape index (κ2) is 6.70. The lowest BCUT2D eigenvalue weighted by Crippen LogP contribution is -2.28. The third-order valence-corrected chi connectivity index (χ3v) is 6.37. The first-order valence-electron chi connectivity index (χ1n) is 7.57. The van der Waals surface area contributed by atoms with E-state index in [1.807, 2.05) is 0 Å². The van der Waals surface area contributed by atoms with Gasteiger partial charge in [-0.15, -0.1) is 0 Å². The molecule has 130 valence electrons. The molecule has 24 heavy (non-hydrogen) atoms. The van der Waals surface area contributed by atoms with Crippen LogP contribution in [0.15, 0.2) is 23.1 Å². The predicted molar refractivity (Wildman–Crippen MR) is 84.2 cm³/mol. The molecular formula is C15H16ClNO6S. The number of esters is 2. The number of cyclic esters (lactones) is 1. The van der Waals surface area contributed by atoms with Gasteiger partial charge in [-0.2, -0.15) is 4.31 Å². The highest BCUT2D eigenvalue weighted by molar-refractivity contribution is 7.89. The number of benzene rings is 1. The minimum atomic E-state index is -3.76. The maximum absolute atomic E-state index is 12.6. The molecule has 2 heterocycles. The van der Waals surface area contributed by atoms with E-state index in [0.29, 0.717) is 13.1 Å². The van der Waals surface area contributed by atoms with Gasteiger partial charge in [0, 0.05) is 19.5 Å². The SMILES string of the molecule is O=C(O[C@H]1CCOC1=O)c1ccc(Cl)c(S(=O)(=O)N2CCCC2)c1. The summed E-state index contributed by atoms with van der Waals surface area (Å²) in [5, 5.41) is 0.0405. The molecule has 0 radical (unpaired) electrons. The first-order valence-corrected chi connectivity index (χ1v) is 9.39. The number of hydrogen-bond donors (Lipinski definition) is 0. The summed E-state index contributed by atoms with van der Waals surface area (Å²) in [7, 11) is -3.76. The van der Waals surface area contributed by atoms with E-state index in [4.69, 9.17) is 21.1 Å². The maximum Gasteiger partial charge on any atom is 0.347 e. The Morgan fingerprint density at radius 2 is 2.00 bits per heavy atom. The summed E-state index contributed by atoms with van der Waals surface area (Å²) in [4.78, 5) is 23.4. The van der Waals surface area contributed by atoms with Gasteiger partial charge in [-0.3, -0.25) is 0 Å². The molecule has 1 aromatic rings. The van der Waals surface area contributed by atoms with Crippen LogP contribution in [0.25, 0.3) is 0 Å². The molecular weight excluding hydrogens is 358 g/mol. The van der Waals surface area contributed by atoms with Crippen LogP contribution < -0.4 is 0 Å². The lowest BCUT2D eigenvalue weighted by molar-refractivity contribution is -0.145. The molecule has 0 spiro atoms. The first kappa shape index (κ1) is 17.2. The van der Waals surface area contributed by atoms with Gasteiger partial charge in [0.1, 0.15) is 4.90 Å². The Balaban J connectivity index is 1.85. The minimum Gasteiger partial charge on any atom is -0.463 e. The van der Waals surface area contributed by atoms with Crippen molar-refractivity contribution in [2.75, 3.05) is 19.7 Å².